The lowest BCUT2D eigenvalue weighted by atomic mass is 9.94. The van der Waals surface area contributed by atoms with Gasteiger partial charge in [-0.1, -0.05) is 24.3 Å². The highest BCUT2D eigenvalue weighted by Gasteiger charge is 2.28. The Balaban J connectivity index is 1.48. The summed E-state index contributed by atoms with van der Waals surface area (Å²) in [4.78, 5) is 3.52. The van der Waals surface area contributed by atoms with Crippen LogP contribution in [0.15, 0.2) is 48.5 Å². The minimum absolute atomic E-state index is 0.223. The summed E-state index contributed by atoms with van der Waals surface area (Å²) in [5.74, 6) is -0.223. The normalized spacial score (nSPS) is 15.8. The number of nitriles is 1. The van der Waals surface area contributed by atoms with Gasteiger partial charge in [0.1, 0.15) is 16.9 Å². The number of benzene rings is 2. The van der Waals surface area contributed by atoms with Gasteiger partial charge in [-0.2, -0.15) is 5.26 Å². The van der Waals surface area contributed by atoms with E-state index in [4.69, 9.17) is 4.52 Å². The number of nitrogens with zero attached hydrogens (tertiary/aromatic N) is 2. The minimum atomic E-state index is -2.77. The van der Waals surface area contributed by atoms with E-state index in [1.165, 1.54) is 18.1 Å². The Labute approximate surface area is 211 Å². The standard InChI is InChI=1S/C27H31FN3O2PS/c1-27(2,15-19-8-10-22(11-9-19)34(4,32)33-3)30-26-23(16-29)24-18-31(13-12-25(24)35-26)17-20-6-5-7-21(28)14-20/h5-11,14,30H,12-13,15,17-18H2,1-4H3. The first kappa shape index (κ1) is 25.6. The molecule has 0 fully saturated rings. The average Bonchev–Trinajstić information content (AvgIpc) is 3.14. The van der Waals surface area contributed by atoms with Crippen LogP contribution in [0.3, 0.4) is 0 Å². The Morgan fingerprint density at radius 3 is 2.63 bits per heavy atom. The van der Waals surface area contributed by atoms with Crippen LogP contribution in [0, 0.1) is 17.1 Å². The third-order valence-electron chi connectivity index (χ3n) is 6.39. The molecule has 0 saturated carbocycles. The molecule has 1 aliphatic heterocycles. The molecule has 0 aliphatic carbocycles. The van der Waals surface area contributed by atoms with Gasteiger partial charge < -0.3 is 9.84 Å². The fraction of sp³-hybridized carbons (Fsp3) is 0.370. The molecule has 0 spiro atoms. The largest absolute Gasteiger partial charge is 0.371 e. The molecule has 184 valence electrons. The van der Waals surface area contributed by atoms with Crippen LogP contribution in [0.25, 0.3) is 0 Å². The number of anilines is 1. The maximum atomic E-state index is 13.6. The number of halogens is 1. The van der Waals surface area contributed by atoms with Crippen molar-refractivity contribution in [1.29, 1.82) is 5.26 Å². The van der Waals surface area contributed by atoms with E-state index in [0.717, 1.165) is 41.1 Å². The van der Waals surface area contributed by atoms with E-state index >= 15 is 0 Å². The van der Waals surface area contributed by atoms with Crippen LogP contribution in [0.5, 0.6) is 0 Å². The van der Waals surface area contributed by atoms with Gasteiger partial charge in [-0.3, -0.25) is 9.46 Å². The molecule has 1 aromatic heterocycles. The Morgan fingerprint density at radius 1 is 1.23 bits per heavy atom. The fourth-order valence-corrected chi connectivity index (χ4v) is 6.76. The second-order valence-corrected chi connectivity index (χ2v) is 13.5. The van der Waals surface area contributed by atoms with Crippen molar-refractivity contribution < 1.29 is 13.5 Å². The van der Waals surface area contributed by atoms with Gasteiger partial charge in [-0.05, 0) is 62.1 Å². The van der Waals surface area contributed by atoms with Crippen molar-refractivity contribution in [3.63, 3.8) is 0 Å². The highest BCUT2D eigenvalue weighted by Crippen LogP contribution is 2.40. The van der Waals surface area contributed by atoms with Gasteiger partial charge in [-0.15, -0.1) is 11.3 Å². The van der Waals surface area contributed by atoms with Crippen molar-refractivity contribution in [2.45, 2.75) is 45.3 Å². The summed E-state index contributed by atoms with van der Waals surface area (Å²) in [7, 11) is -1.30. The zero-order valence-electron chi connectivity index (χ0n) is 20.6. The van der Waals surface area contributed by atoms with Crippen molar-refractivity contribution in [3.05, 3.63) is 81.5 Å². The number of hydrogen-bond acceptors (Lipinski definition) is 6. The summed E-state index contributed by atoms with van der Waals surface area (Å²) in [5, 5.41) is 15.2. The highest BCUT2D eigenvalue weighted by molar-refractivity contribution is 7.66. The Kier molecular flexibility index (Phi) is 7.49. The molecule has 1 N–H and O–H groups in total. The van der Waals surface area contributed by atoms with E-state index in [2.05, 4.69) is 30.1 Å². The quantitative estimate of drug-likeness (QED) is 0.380. The van der Waals surface area contributed by atoms with Gasteiger partial charge in [0.25, 0.3) is 0 Å². The zero-order valence-corrected chi connectivity index (χ0v) is 22.3. The Morgan fingerprint density at radius 2 is 1.97 bits per heavy atom. The summed E-state index contributed by atoms with van der Waals surface area (Å²) in [6, 6.07) is 16.9. The monoisotopic (exact) mass is 511 g/mol. The molecule has 2 aromatic carbocycles. The second kappa shape index (κ2) is 10.2. The summed E-state index contributed by atoms with van der Waals surface area (Å²) < 4.78 is 31.2. The molecule has 0 saturated heterocycles. The maximum Gasteiger partial charge on any atom is 0.228 e. The van der Waals surface area contributed by atoms with Crippen molar-refractivity contribution in [1.82, 2.24) is 4.90 Å². The van der Waals surface area contributed by atoms with E-state index in [-0.39, 0.29) is 11.4 Å². The molecule has 3 aromatic rings. The van der Waals surface area contributed by atoms with Crippen molar-refractivity contribution in [2.75, 3.05) is 25.6 Å². The third-order valence-corrected chi connectivity index (χ3v) is 9.53. The van der Waals surface area contributed by atoms with Crippen LogP contribution in [0.1, 0.15) is 41.0 Å². The van der Waals surface area contributed by atoms with E-state index in [9.17, 15) is 14.2 Å². The molecule has 8 heteroatoms. The van der Waals surface area contributed by atoms with Crippen molar-refractivity contribution >= 4 is 29.0 Å². The number of nitrogens with one attached hydrogen (secondary N) is 1. The van der Waals surface area contributed by atoms with Gasteiger partial charge >= 0.3 is 0 Å². The smallest absolute Gasteiger partial charge is 0.228 e. The van der Waals surface area contributed by atoms with Gasteiger partial charge in [0.15, 0.2) is 0 Å². The summed E-state index contributed by atoms with van der Waals surface area (Å²) in [5.41, 5.74) is 3.56. The molecule has 0 bridgehead atoms. The van der Waals surface area contributed by atoms with Gasteiger partial charge in [0, 0.05) is 54.7 Å². The van der Waals surface area contributed by atoms with Crippen LogP contribution in [-0.2, 0) is 35.0 Å². The predicted molar refractivity (Wildman–Crippen MR) is 141 cm³/mol. The number of hydrogen-bond donors (Lipinski definition) is 1. The third kappa shape index (κ3) is 6.02. The number of fused-ring (bicyclic) bond motifs is 1. The Hall–Kier alpha value is -2.49. The van der Waals surface area contributed by atoms with Crippen LogP contribution in [-0.4, -0.2) is 30.8 Å². The van der Waals surface area contributed by atoms with Crippen molar-refractivity contribution in [2.24, 2.45) is 0 Å². The summed E-state index contributed by atoms with van der Waals surface area (Å²) in [6.45, 7) is 8.09. The SMILES string of the molecule is COP(C)(=O)c1ccc(CC(C)(C)Nc2sc3c(c2C#N)CN(Cc2cccc(F)c2)CC3)cc1. The molecule has 35 heavy (non-hydrogen) atoms. The summed E-state index contributed by atoms with van der Waals surface area (Å²) >= 11 is 1.67. The van der Waals surface area contributed by atoms with E-state index in [0.29, 0.717) is 24.0 Å². The zero-order chi connectivity index (χ0) is 25.2. The Bertz CT molecular complexity index is 1300. The molecule has 4 rings (SSSR count). The lowest BCUT2D eigenvalue weighted by Crippen LogP contribution is -2.33. The molecule has 0 amide bonds. The van der Waals surface area contributed by atoms with Crippen LogP contribution < -0.4 is 10.6 Å². The van der Waals surface area contributed by atoms with E-state index < -0.39 is 7.37 Å². The molecule has 2 heterocycles. The van der Waals surface area contributed by atoms with Crippen LogP contribution >= 0.6 is 18.7 Å². The molecule has 1 atom stereocenters. The average molecular weight is 512 g/mol. The van der Waals surface area contributed by atoms with Gasteiger partial charge in [0.2, 0.25) is 7.37 Å². The molecular formula is C27H31FN3O2PS. The van der Waals surface area contributed by atoms with Gasteiger partial charge in [-0.25, -0.2) is 4.39 Å². The predicted octanol–water partition coefficient (Wildman–Crippen LogP) is 5.93. The topological polar surface area (TPSA) is 65.4 Å². The molecule has 5 nitrogen and oxygen atoms in total. The first-order valence-electron chi connectivity index (χ1n) is 11.6. The molecule has 1 unspecified atom stereocenters. The molecular weight excluding hydrogens is 480 g/mol. The highest BCUT2D eigenvalue weighted by atomic mass is 32.1. The fourth-order valence-electron chi connectivity index (χ4n) is 4.53. The minimum Gasteiger partial charge on any atom is -0.371 e. The summed E-state index contributed by atoms with van der Waals surface area (Å²) in [6.07, 6.45) is 1.62. The molecule has 0 radical (unpaired) electrons. The first-order valence-corrected chi connectivity index (χ1v) is 14.5. The second-order valence-electron chi connectivity index (χ2n) is 9.79. The van der Waals surface area contributed by atoms with Gasteiger partial charge in [0.05, 0.1) is 5.56 Å². The maximum absolute atomic E-state index is 13.6. The molecule has 1 aliphatic rings. The first-order chi connectivity index (χ1) is 16.6. The lowest BCUT2D eigenvalue weighted by Gasteiger charge is -2.27. The lowest BCUT2D eigenvalue weighted by molar-refractivity contribution is 0.247. The number of thiophene rings is 1. The van der Waals surface area contributed by atoms with Crippen LogP contribution in [0.2, 0.25) is 0 Å². The number of rotatable bonds is 8. The van der Waals surface area contributed by atoms with E-state index in [1.807, 2.05) is 30.3 Å². The van der Waals surface area contributed by atoms with E-state index in [1.54, 1.807) is 30.1 Å². The van der Waals surface area contributed by atoms with Crippen molar-refractivity contribution in [3.8, 4) is 6.07 Å². The van der Waals surface area contributed by atoms with Crippen LogP contribution in [0.4, 0.5) is 9.39 Å².